The van der Waals surface area contributed by atoms with Gasteiger partial charge in [0.05, 0.1) is 6.54 Å². The third kappa shape index (κ3) is 2.42. The normalized spacial score (nSPS) is 18.5. The molecule has 96 valence electrons. The van der Waals surface area contributed by atoms with Crippen molar-refractivity contribution in [2.45, 2.75) is 19.4 Å². The third-order valence-electron chi connectivity index (χ3n) is 3.90. The molecule has 3 heteroatoms. The molecule has 0 saturated carbocycles. The predicted octanol–water partition coefficient (Wildman–Crippen LogP) is 2.60. The van der Waals surface area contributed by atoms with Crippen molar-refractivity contribution in [1.29, 1.82) is 0 Å². The second-order valence-electron chi connectivity index (χ2n) is 5.21. The highest BCUT2D eigenvalue weighted by molar-refractivity contribution is 5.77. The molecule has 2 aromatic rings. The highest BCUT2D eigenvalue weighted by Gasteiger charge is 2.18. The maximum Gasteiger partial charge on any atom is 0.134 e. The van der Waals surface area contributed by atoms with Crippen LogP contribution in [0.4, 0.5) is 0 Å². The van der Waals surface area contributed by atoms with Crippen LogP contribution in [0.5, 0.6) is 0 Å². The van der Waals surface area contributed by atoms with Crippen molar-refractivity contribution in [3.63, 3.8) is 0 Å². The van der Waals surface area contributed by atoms with Crippen LogP contribution in [0.3, 0.4) is 0 Å². The second kappa shape index (κ2) is 5.12. The van der Waals surface area contributed by atoms with Crippen molar-refractivity contribution in [2.75, 3.05) is 19.6 Å². The fraction of sp³-hybridized carbons (Fsp3) is 0.467. The van der Waals surface area contributed by atoms with Crippen LogP contribution in [0.15, 0.2) is 34.7 Å². The fourth-order valence-corrected chi connectivity index (χ4v) is 2.72. The number of nitrogens with two attached hydrogens (primary N) is 1. The standard InChI is InChI=1S/C15H20N2O/c16-10-12-5-7-17(8-6-12)11-14-9-13-3-1-2-4-15(13)18-14/h1-4,9,12H,5-8,10-11,16H2. The lowest BCUT2D eigenvalue weighted by Crippen LogP contribution is -2.35. The van der Waals surface area contributed by atoms with Crippen molar-refractivity contribution in [3.05, 3.63) is 36.1 Å². The molecule has 0 spiro atoms. The smallest absolute Gasteiger partial charge is 0.134 e. The number of furan rings is 1. The molecule has 1 aliphatic heterocycles. The van der Waals surface area contributed by atoms with Crippen LogP contribution in [0.25, 0.3) is 11.0 Å². The first kappa shape index (κ1) is 11.8. The quantitative estimate of drug-likeness (QED) is 0.902. The molecule has 0 aliphatic carbocycles. The van der Waals surface area contributed by atoms with Crippen LogP contribution < -0.4 is 5.73 Å². The molecule has 3 rings (SSSR count). The second-order valence-corrected chi connectivity index (χ2v) is 5.21. The largest absolute Gasteiger partial charge is 0.460 e. The van der Waals surface area contributed by atoms with Crippen LogP contribution in [-0.4, -0.2) is 24.5 Å². The SMILES string of the molecule is NCC1CCN(Cc2cc3ccccc3o2)CC1. The maximum absolute atomic E-state index is 5.86. The van der Waals surface area contributed by atoms with E-state index in [1.165, 1.54) is 18.2 Å². The molecular weight excluding hydrogens is 224 g/mol. The van der Waals surface area contributed by atoms with E-state index in [1.807, 2.05) is 18.2 Å². The molecule has 3 nitrogen and oxygen atoms in total. The van der Waals surface area contributed by atoms with Gasteiger partial charge in [0, 0.05) is 5.39 Å². The Morgan fingerprint density at radius 1 is 1.22 bits per heavy atom. The Morgan fingerprint density at radius 2 is 2.00 bits per heavy atom. The van der Waals surface area contributed by atoms with Crippen molar-refractivity contribution < 1.29 is 4.42 Å². The molecule has 2 heterocycles. The lowest BCUT2D eigenvalue weighted by Gasteiger charge is -2.30. The van der Waals surface area contributed by atoms with Gasteiger partial charge in [0.2, 0.25) is 0 Å². The molecule has 18 heavy (non-hydrogen) atoms. The van der Waals surface area contributed by atoms with Gasteiger partial charge in [-0.2, -0.15) is 0 Å². The number of rotatable bonds is 3. The summed E-state index contributed by atoms with van der Waals surface area (Å²) in [6.07, 6.45) is 2.44. The first-order chi connectivity index (χ1) is 8.85. The highest BCUT2D eigenvalue weighted by atomic mass is 16.3. The van der Waals surface area contributed by atoms with Crippen LogP contribution in [0, 0.1) is 5.92 Å². The fourth-order valence-electron chi connectivity index (χ4n) is 2.72. The molecule has 2 N–H and O–H groups in total. The summed E-state index contributed by atoms with van der Waals surface area (Å²) in [5.74, 6) is 1.79. The van der Waals surface area contributed by atoms with Gasteiger partial charge in [0.25, 0.3) is 0 Å². The van der Waals surface area contributed by atoms with Crippen LogP contribution in [0.2, 0.25) is 0 Å². The summed E-state index contributed by atoms with van der Waals surface area (Å²) in [5.41, 5.74) is 6.71. The zero-order valence-electron chi connectivity index (χ0n) is 10.6. The minimum absolute atomic E-state index is 0.719. The molecule has 1 aromatic heterocycles. The number of hydrogen-bond acceptors (Lipinski definition) is 3. The Morgan fingerprint density at radius 3 is 2.72 bits per heavy atom. The van der Waals surface area contributed by atoms with Gasteiger partial charge in [-0.3, -0.25) is 4.90 Å². The van der Waals surface area contributed by atoms with Crippen molar-refractivity contribution in [3.8, 4) is 0 Å². The summed E-state index contributed by atoms with van der Waals surface area (Å²) < 4.78 is 5.86. The van der Waals surface area contributed by atoms with Crippen LogP contribution >= 0.6 is 0 Å². The summed E-state index contributed by atoms with van der Waals surface area (Å²) >= 11 is 0. The van der Waals surface area contributed by atoms with Crippen molar-refractivity contribution >= 4 is 11.0 Å². The zero-order valence-corrected chi connectivity index (χ0v) is 10.6. The van der Waals surface area contributed by atoms with Gasteiger partial charge in [-0.15, -0.1) is 0 Å². The molecule has 0 radical (unpaired) electrons. The first-order valence-electron chi connectivity index (χ1n) is 6.75. The van der Waals surface area contributed by atoms with E-state index in [4.69, 9.17) is 10.2 Å². The van der Waals surface area contributed by atoms with Crippen LogP contribution in [-0.2, 0) is 6.54 Å². The van der Waals surface area contributed by atoms with Crippen molar-refractivity contribution in [1.82, 2.24) is 4.90 Å². The van der Waals surface area contributed by atoms with E-state index in [9.17, 15) is 0 Å². The predicted molar refractivity (Wildman–Crippen MR) is 73.3 cm³/mol. The van der Waals surface area contributed by atoms with E-state index in [0.717, 1.165) is 43.4 Å². The number of hydrogen-bond donors (Lipinski definition) is 1. The molecular formula is C15H20N2O. The van der Waals surface area contributed by atoms with Gasteiger partial charge in [0.15, 0.2) is 0 Å². The van der Waals surface area contributed by atoms with E-state index in [-0.39, 0.29) is 0 Å². The van der Waals surface area contributed by atoms with Gasteiger partial charge < -0.3 is 10.2 Å². The maximum atomic E-state index is 5.86. The minimum Gasteiger partial charge on any atom is -0.460 e. The summed E-state index contributed by atoms with van der Waals surface area (Å²) in [5, 5.41) is 1.20. The molecule has 1 aromatic carbocycles. The van der Waals surface area contributed by atoms with E-state index >= 15 is 0 Å². The van der Waals surface area contributed by atoms with Crippen molar-refractivity contribution in [2.24, 2.45) is 11.7 Å². The number of fused-ring (bicyclic) bond motifs is 1. The highest BCUT2D eigenvalue weighted by Crippen LogP contribution is 2.22. The Labute approximate surface area is 108 Å². The van der Waals surface area contributed by atoms with E-state index in [0.29, 0.717) is 0 Å². The Balaban J connectivity index is 1.66. The van der Waals surface area contributed by atoms with Gasteiger partial charge in [-0.05, 0) is 50.5 Å². The number of piperidine rings is 1. The number of para-hydroxylation sites is 1. The molecule has 0 unspecified atom stereocenters. The van der Waals surface area contributed by atoms with E-state index in [2.05, 4.69) is 17.0 Å². The Kier molecular flexibility index (Phi) is 3.35. The summed E-state index contributed by atoms with van der Waals surface area (Å²) in [7, 11) is 0. The molecule has 0 atom stereocenters. The lowest BCUT2D eigenvalue weighted by molar-refractivity contribution is 0.170. The average Bonchev–Trinajstić information content (AvgIpc) is 2.82. The average molecular weight is 244 g/mol. The summed E-state index contributed by atoms with van der Waals surface area (Å²) in [6.45, 7) is 4.03. The number of benzene rings is 1. The minimum atomic E-state index is 0.719. The van der Waals surface area contributed by atoms with Gasteiger partial charge in [0.1, 0.15) is 11.3 Å². The summed E-state index contributed by atoms with van der Waals surface area (Å²) in [4.78, 5) is 2.46. The number of nitrogens with zero attached hydrogens (tertiary/aromatic N) is 1. The monoisotopic (exact) mass is 244 g/mol. The zero-order chi connectivity index (χ0) is 12.4. The Hall–Kier alpha value is -1.32. The molecule has 0 amide bonds. The topological polar surface area (TPSA) is 42.4 Å². The lowest BCUT2D eigenvalue weighted by atomic mass is 9.97. The number of likely N-dealkylation sites (tertiary alicyclic amines) is 1. The Bertz CT molecular complexity index is 479. The third-order valence-corrected chi connectivity index (χ3v) is 3.90. The van der Waals surface area contributed by atoms with Gasteiger partial charge in [-0.1, -0.05) is 18.2 Å². The molecule has 0 bridgehead atoms. The summed E-state index contributed by atoms with van der Waals surface area (Å²) in [6, 6.07) is 10.4. The van der Waals surface area contributed by atoms with Gasteiger partial charge >= 0.3 is 0 Å². The molecule has 1 aliphatic rings. The molecule has 1 fully saturated rings. The van der Waals surface area contributed by atoms with E-state index in [1.54, 1.807) is 0 Å². The van der Waals surface area contributed by atoms with Crippen LogP contribution in [0.1, 0.15) is 18.6 Å². The van der Waals surface area contributed by atoms with Gasteiger partial charge in [-0.25, -0.2) is 0 Å². The first-order valence-corrected chi connectivity index (χ1v) is 6.75. The van der Waals surface area contributed by atoms with E-state index < -0.39 is 0 Å². The molecule has 1 saturated heterocycles.